The van der Waals surface area contributed by atoms with E-state index in [0.29, 0.717) is 5.56 Å². The number of rotatable bonds is 4. The lowest BCUT2D eigenvalue weighted by Crippen LogP contribution is -2.21. The molecule has 0 amide bonds. The molecule has 3 heterocycles. The van der Waals surface area contributed by atoms with Crippen molar-refractivity contribution in [3.8, 4) is 21.7 Å². The summed E-state index contributed by atoms with van der Waals surface area (Å²) in [4.78, 5) is 3.21. The van der Waals surface area contributed by atoms with Crippen LogP contribution in [0.3, 0.4) is 0 Å². The fourth-order valence-corrected chi connectivity index (χ4v) is 4.33. The van der Waals surface area contributed by atoms with Gasteiger partial charge in [0, 0.05) is 40.3 Å². The molecule has 5 nitrogen and oxygen atoms in total. The Kier molecular flexibility index (Phi) is 6.71. The molecule has 0 spiro atoms. The number of benzene rings is 2. The summed E-state index contributed by atoms with van der Waals surface area (Å²) in [7, 11) is 0. The molecule has 0 radical (unpaired) electrons. The van der Waals surface area contributed by atoms with Gasteiger partial charge in [0.1, 0.15) is 10.8 Å². The number of anilines is 1. The van der Waals surface area contributed by atoms with E-state index >= 15 is 0 Å². The van der Waals surface area contributed by atoms with Crippen LogP contribution in [0.1, 0.15) is 26.2 Å². The van der Waals surface area contributed by atoms with Crippen LogP contribution in [-0.2, 0) is 0 Å². The normalized spacial score (nSPS) is 13.7. The van der Waals surface area contributed by atoms with Crippen LogP contribution in [0.15, 0.2) is 48.7 Å². The molecule has 1 saturated heterocycles. The predicted molar refractivity (Wildman–Crippen MR) is 123 cm³/mol. The third-order valence-corrected chi connectivity index (χ3v) is 5.98. The molecular formula is C23H26FN5S. The summed E-state index contributed by atoms with van der Waals surface area (Å²) < 4.78 is 14.1. The van der Waals surface area contributed by atoms with Gasteiger partial charge >= 0.3 is 0 Å². The van der Waals surface area contributed by atoms with Crippen LogP contribution in [0.5, 0.6) is 0 Å². The summed E-state index contributed by atoms with van der Waals surface area (Å²) in [5.41, 5.74) is 3.38. The zero-order chi connectivity index (χ0) is 20.8. The highest BCUT2D eigenvalue weighted by Gasteiger charge is 2.13. The van der Waals surface area contributed by atoms with Crippen molar-refractivity contribution in [3.63, 3.8) is 0 Å². The number of hydrogen-bond donors (Lipinski definition) is 3. The molecule has 0 bridgehead atoms. The monoisotopic (exact) mass is 423 g/mol. The van der Waals surface area contributed by atoms with Gasteiger partial charge in [-0.05, 0) is 57.1 Å². The van der Waals surface area contributed by atoms with E-state index in [0.717, 1.165) is 38.7 Å². The second kappa shape index (κ2) is 9.82. The van der Waals surface area contributed by atoms with Crippen LogP contribution >= 0.6 is 11.3 Å². The van der Waals surface area contributed by atoms with E-state index in [9.17, 15) is 4.39 Å². The van der Waals surface area contributed by atoms with Crippen molar-refractivity contribution in [2.75, 3.05) is 25.0 Å². The van der Waals surface area contributed by atoms with Gasteiger partial charge in [-0.3, -0.25) is 0 Å². The number of H-pyrrole nitrogens is 1. The van der Waals surface area contributed by atoms with E-state index < -0.39 is 0 Å². The molecule has 1 aliphatic heterocycles. The van der Waals surface area contributed by atoms with Crippen LogP contribution in [0, 0.1) is 5.82 Å². The molecular weight excluding hydrogens is 397 g/mol. The molecule has 5 rings (SSSR count). The lowest BCUT2D eigenvalue weighted by Gasteiger charge is -2.08. The highest BCUT2D eigenvalue weighted by molar-refractivity contribution is 7.18. The third-order valence-electron chi connectivity index (χ3n) is 5.05. The van der Waals surface area contributed by atoms with Gasteiger partial charge < -0.3 is 15.6 Å². The maximum absolute atomic E-state index is 14.1. The molecule has 30 heavy (non-hydrogen) atoms. The lowest BCUT2D eigenvalue weighted by molar-refractivity contribution is 0.520. The first kappa shape index (κ1) is 20.5. The van der Waals surface area contributed by atoms with E-state index in [2.05, 4.69) is 25.8 Å². The van der Waals surface area contributed by atoms with Crippen LogP contribution in [0.2, 0.25) is 0 Å². The Balaban J connectivity index is 0.000000313. The van der Waals surface area contributed by atoms with E-state index in [4.69, 9.17) is 0 Å². The third kappa shape index (κ3) is 4.68. The molecule has 0 unspecified atom stereocenters. The van der Waals surface area contributed by atoms with Crippen LogP contribution in [-0.4, -0.2) is 34.8 Å². The highest BCUT2D eigenvalue weighted by atomic mass is 32.1. The molecule has 3 N–H and O–H groups in total. The largest absolute Gasteiger partial charge is 0.361 e. The zero-order valence-electron chi connectivity index (χ0n) is 17.0. The SMILES string of the molecule is C1CCNCC1.CCNc1nnc(-c2ccc3[nH]cc(-c4ccccc4F)c3c2)s1. The number of nitrogens with zero attached hydrogens (tertiary/aromatic N) is 2. The maximum Gasteiger partial charge on any atom is 0.205 e. The smallest absolute Gasteiger partial charge is 0.205 e. The molecule has 156 valence electrons. The Labute approximate surface area is 179 Å². The summed E-state index contributed by atoms with van der Waals surface area (Å²) in [5, 5.41) is 17.4. The van der Waals surface area contributed by atoms with Crippen molar-refractivity contribution in [1.82, 2.24) is 20.5 Å². The Morgan fingerprint density at radius 3 is 2.57 bits per heavy atom. The van der Waals surface area contributed by atoms with Gasteiger partial charge in [-0.25, -0.2) is 4.39 Å². The first-order valence-electron chi connectivity index (χ1n) is 10.4. The minimum Gasteiger partial charge on any atom is -0.361 e. The fraction of sp³-hybridized carbons (Fsp3) is 0.304. The average molecular weight is 424 g/mol. The number of fused-ring (bicyclic) bond motifs is 1. The number of halogens is 1. The topological polar surface area (TPSA) is 65.6 Å². The zero-order valence-corrected chi connectivity index (χ0v) is 17.9. The molecule has 1 fully saturated rings. The van der Waals surface area contributed by atoms with Gasteiger partial charge in [0.15, 0.2) is 0 Å². The quantitative estimate of drug-likeness (QED) is 0.395. The van der Waals surface area contributed by atoms with E-state index in [1.54, 1.807) is 12.1 Å². The second-order valence-corrected chi connectivity index (χ2v) is 8.17. The summed E-state index contributed by atoms with van der Waals surface area (Å²) in [6.45, 7) is 5.33. The Bertz CT molecular complexity index is 1090. The predicted octanol–water partition coefficient (Wildman–Crippen LogP) is 5.68. The van der Waals surface area contributed by atoms with Crippen molar-refractivity contribution in [2.24, 2.45) is 0 Å². The highest BCUT2D eigenvalue weighted by Crippen LogP contribution is 2.34. The molecule has 0 atom stereocenters. The number of piperidine rings is 1. The molecule has 1 aliphatic rings. The number of aromatic amines is 1. The van der Waals surface area contributed by atoms with Crippen molar-refractivity contribution in [2.45, 2.75) is 26.2 Å². The summed E-state index contributed by atoms with van der Waals surface area (Å²) in [5.74, 6) is -0.228. The van der Waals surface area contributed by atoms with Gasteiger partial charge in [0.2, 0.25) is 5.13 Å². The number of aromatic nitrogens is 3. The Morgan fingerprint density at radius 1 is 1.03 bits per heavy atom. The summed E-state index contributed by atoms with van der Waals surface area (Å²) >= 11 is 1.51. The van der Waals surface area contributed by atoms with Crippen molar-refractivity contribution >= 4 is 27.4 Å². The minimum atomic E-state index is -0.228. The van der Waals surface area contributed by atoms with Crippen molar-refractivity contribution < 1.29 is 4.39 Å². The summed E-state index contributed by atoms with van der Waals surface area (Å²) in [6.07, 6.45) is 6.06. The molecule has 2 aromatic heterocycles. The van der Waals surface area contributed by atoms with E-state index in [1.807, 2.05) is 37.4 Å². The van der Waals surface area contributed by atoms with Gasteiger partial charge in [-0.1, -0.05) is 36.0 Å². The average Bonchev–Trinajstić information content (AvgIpc) is 3.43. The minimum absolute atomic E-state index is 0.228. The second-order valence-electron chi connectivity index (χ2n) is 7.20. The van der Waals surface area contributed by atoms with Gasteiger partial charge in [-0.2, -0.15) is 0 Å². The van der Waals surface area contributed by atoms with E-state index in [-0.39, 0.29) is 5.82 Å². The standard InChI is InChI=1S/C18H15FN4S.C5H11N/c1-2-20-18-23-22-17(24-18)11-7-8-16-13(9-11)14(10-21-16)12-5-3-4-6-15(12)19;1-2-4-6-5-3-1/h3-10,21H,2H2,1H3,(H,20,23);6H,1-5H2. The van der Waals surface area contributed by atoms with Gasteiger partial charge in [0.05, 0.1) is 0 Å². The van der Waals surface area contributed by atoms with Crippen LogP contribution < -0.4 is 10.6 Å². The lowest BCUT2D eigenvalue weighted by atomic mass is 10.0. The number of nitrogens with one attached hydrogen (secondary N) is 3. The molecule has 0 aliphatic carbocycles. The molecule has 0 saturated carbocycles. The fourth-order valence-electron chi connectivity index (χ4n) is 3.52. The molecule has 4 aromatic rings. The first-order chi connectivity index (χ1) is 14.8. The maximum atomic E-state index is 14.1. The van der Waals surface area contributed by atoms with Crippen LogP contribution in [0.4, 0.5) is 9.52 Å². The van der Waals surface area contributed by atoms with E-state index in [1.165, 1.54) is 49.8 Å². The van der Waals surface area contributed by atoms with Crippen molar-refractivity contribution in [1.29, 1.82) is 0 Å². The number of hydrogen-bond acceptors (Lipinski definition) is 5. The van der Waals surface area contributed by atoms with Gasteiger partial charge in [0.25, 0.3) is 0 Å². The van der Waals surface area contributed by atoms with Gasteiger partial charge in [-0.15, -0.1) is 10.2 Å². The van der Waals surface area contributed by atoms with Crippen LogP contribution in [0.25, 0.3) is 32.6 Å². The van der Waals surface area contributed by atoms with Crippen molar-refractivity contribution in [3.05, 3.63) is 54.5 Å². The Morgan fingerprint density at radius 2 is 1.87 bits per heavy atom. The summed E-state index contributed by atoms with van der Waals surface area (Å²) in [6, 6.07) is 12.8. The Hall–Kier alpha value is -2.77. The molecule has 2 aromatic carbocycles. The first-order valence-corrected chi connectivity index (χ1v) is 11.2. The molecule has 7 heteroatoms.